The lowest BCUT2D eigenvalue weighted by Gasteiger charge is -2.13. The summed E-state index contributed by atoms with van der Waals surface area (Å²) < 4.78 is 13.6. The average molecular weight is 206 g/mol. The Morgan fingerprint density at radius 2 is 2.40 bits per heavy atom. The Labute approximate surface area is 88.7 Å². The monoisotopic (exact) mass is 206 g/mol. The van der Waals surface area contributed by atoms with Crippen molar-refractivity contribution in [2.45, 2.75) is 18.4 Å². The second kappa shape index (κ2) is 3.03. The third-order valence-electron chi connectivity index (χ3n) is 3.91. The maximum absolute atomic E-state index is 13.6. The van der Waals surface area contributed by atoms with Crippen LogP contribution < -0.4 is 11.1 Å². The van der Waals surface area contributed by atoms with Gasteiger partial charge in [-0.1, -0.05) is 12.1 Å². The Kier molecular flexibility index (Phi) is 1.88. The molecule has 0 amide bonds. The lowest BCUT2D eigenvalue weighted by molar-refractivity contribution is 0.599. The zero-order valence-electron chi connectivity index (χ0n) is 8.59. The quantitative estimate of drug-likeness (QED) is 0.761. The minimum absolute atomic E-state index is 0.151. The van der Waals surface area contributed by atoms with E-state index in [1.807, 2.05) is 12.1 Å². The highest BCUT2D eigenvalue weighted by Gasteiger charge is 2.58. The van der Waals surface area contributed by atoms with Crippen LogP contribution >= 0.6 is 0 Å². The van der Waals surface area contributed by atoms with Crippen LogP contribution in [0.5, 0.6) is 0 Å². The fraction of sp³-hybridized carbons (Fsp3) is 0.500. The Bertz CT molecular complexity index is 405. The van der Waals surface area contributed by atoms with Gasteiger partial charge in [-0.3, -0.25) is 0 Å². The molecule has 3 heteroatoms. The highest BCUT2D eigenvalue weighted by atomic mass is 19.1. The van der Waals surface area contributed by atoms with Gasteiger partial charge in [0.2, 0.25) is 0 Å². The van der Waals surface area contributed by atoms with Crippen LogP contribution in [-0.2, 0) is 12.0 Å². The summed E-state index contributed by atoms with van der Waals surface area (Å²) in [7, 11) is 0. The van der Waals surface area contributed by atoms with E-state index in [1.165, 1.54) is 6.42 Å². The molecule has 2 atom stereocenters. The summed E-state index contributed by atoms with van der Waals surface area (Å²) >= 11 is 0. The van der Waals surface area contributed by atoms with Gasteiger partial charge in [-0.2, -0.15) is 0 Å². The summed E-state index contributed by atoms with van der Waals surface area (Å²) in [5, 5.41) is 3.36. The van der Waals surface area contributed by atoms with E-state index in [-0.39, 0.29) is 17.8 Å². The zero-order chi connectivity index (χ0) is 10.5. The van der Waals surface area contributed by atoms with Gasteiger partial charge in [-0.15, -0.1) is 0 Å². The molecule has 2 fully saturated rings. The minimum atomic E-state index is -0.151. The van der Waals surface area contributed by atoms with E-state index in [2.05, 4.69) is 5.32 Å². The van der Waals surface area contributed by atoms with E-state index in [0.29, 0.717) is 5.56 Å². The van der Waals surface area contributed by atoms with Gasteiger partial charge in [0.05, 0.1) is 0 Å². The van der Waals surface area contributed by atoms with Gasteiger partial charge in [-0.25, -0.2) is 4.39 Å². The maximum Gasteiger partial charge on any atom is 0.127 e. The molecule has 0 bridgehead atoms. The molecule has 1 aromatic rings. The Balaban J connectivity index is 1.97. The first kappa shape index (κ1) is 9.31. The van der Waals surface area contributed by atoms with Crippen LogP contribution in [0.25, 0.3) is 0 Å². The average Bonchev–Trinajstić information content (AvgIpc) is 2.82. The summed E-state index contributed by atoms with van der Waals surface area (Å²) in [6.45, 7) is 2.36. The second-order valence-corrected chi connectivity index (χ2v) is 4.70. The van der Waals surface area contributed by atoms with Crippen molar-refractivity contribution in [2.24, 2.45) is 11.7 Å². The molecule has 0 aromatic heterocycles. The van der Waals surface area contributed by atoms with E-state index in [4.69, 9.17) is 5.73 Å². The molecular formula is C12H15FN2. The number of hydrogen-bond donors (Lipinski definition) is 2. The SMILES string of the molecule is NCc1ccc(C23CNCC2C3)cc1F. The van der Waals surface area contributed by atoms with Gasteiger partial charge in [-0.05, 0) is 30.5 Å². The standard InChI is InChI=1S/C12H15FN2/c13-11-3-9(2-1-8(11)5-14)12-4-10(12)6-15-7-12/h1-3,10,15H,4-7,14H2. The highest BCUT2D eigenvalue weighted by Crippen LogP contribution is 2.56. The molecule has 3 N–H and O–H groups in total. The van der Waals surface area contributed by atoms with Gasteiger partial charge >= 0.3 is 0 Å². The number of rotatable bonds is 2. The van der Waals surface area contributed by atoms with Crippen LogP contribution in [0.4, 0.5) is 4.39 Å². The van der Waals surface area contributed by atoms with Gasteiger partial charge in [0.15, 0.2) is 0 Å². The number of piperidine rings is 1. The third kappa shape index (κ3) is 1.23. The van der Waals surface area contributed by atoms with E-state index in [0.717, 1.165) is 24.6 Å². The lowest BCUT2D eigenvalue weighted by atomic mass is 9.94. The first-order chi connectivity index (χ1) is 7.26. The summed E-state index contributed by atoms with van der Waals surface area (Å²) in [6.07, 6.45) is 1.21. The summed E-state index contributed by atoms with van der Waals surface area (Å²) in [5.74, 6) is 0.572. The molecule has 0 spiro atoms. The smallest absolute Gasteiger partial charge is 0.127 e. The number of nitrogens with two attached hydrogens (primary N) is 1. The van der Waals surface area contributed by atoms with Crippen LogP contribution in [-0.4, -0.2) is 13.1 Å². The van der Waals surface area contributed by atoms with Crippen LogP contribution in [0, 0.1) is 11.7 Å². The van der Waals surface area contributed by atoms with Crippen molar-refractivity contribution in [1.82, 2.24) is 5.32 Å². The molecule has 2 nitrogen and oxygen atoms in total. The molecule has 15 heavy (non-hydrogen) atoms. The number of halogens is 1. The van der Waals surface area contributed by atoms with E-state index < -0.39 is 0 Å². The van der Waals surface area contributed by atoms with Crippen LogP contribution in [0.1, 0.15) is 17.5 Å². The number of nitrogens with one attached hydrogen (secondary N) is 1. The second-order valence-electron chi connectivity index (χ2n) is 4.70. The summed E-state index contributed by atoms with van der Waals surface area (Å²) in [5.41, 5.74) is 7.44. The van der Waals surface area contributed by atoms with Gasteiger partial charge in [0.1, 0.15) is 5.82 Å². The largest absolute Gasteiger partial charge is 0.326 e. The Hall–Kier alpha value is -0.930. The molecule has 1 heterocycles. The molecule has 2 aliphatic rings. The molecule has 0 radical (unpaired) electrons. The molecule has 2 unspecified atom stereocenters. The topological polar surface area (TPSA) is 38.0 Å². The summed E-state index contributed by atoms with van der Waals surface area (Å²) in [4.78, 5) is 0. The fourth-order valence-electron chi connectivity index (χ4n) is 2.81. The number of benzene rings is 1. The highest BCUT2D eigenvalue weighted by molar-refractivity contribution is 5.39. The van der Waals surface area contributed by atoms with Crippen molar-refractivity contribution in [1.29, 1.82) is 0 Å². The molecule has 80 valence electrons. The maximum atomic E-state index is 13.6. The van der Waals surface area contributed by atoms with Gasteiger partial charge in [0, 0.05) is 24.1 Å². The predicted molar refractivity (Wildman–Crippen MR) is 56.9 cm³/mol. The van der Waals surface area contributed by atoms with Gasteiger partial charge in [0.25, 0.3) is 0 Å². The Morgan fingerprint density at radius 3 is 2.93 bits per heavy atom. The van der Waals surface area contributed by atoms with Crippen molar-refractivity contribution in [3.63, 3.8) is 0 Å². The molecule has 1 aliphatic heterocycles. The Morgan fingerprint density at radius 1 is 1.53 bits per heavy atom. The van der Waals surface area contributed by atoms with Crippen molar-refractivity contribution < 1.29 is 4.39 Å². The molecule has 3 rings (SSSR count). The van der Waals surface area contributed by atoms with Crippen LogP contribution in [0.3, 0.4) is 0 Å². The van der Waals surface area contributed by atoms with Crippen molar-refractivity contribution in [3.05, 3.63) is 35.1 Å². The van der Waals surface area contributed by atoms with E-state index in [1.54, 1.807) is 6.07 Å². The first-order valence-corrected chi connectivity index (χ1v) is 5.46. The van der Waals surface area contributed by atoms with E-state index in [9.17, 15) is 4.39 Å². The number of hydrogen-bond acceptors (Lipinski definition) is 2. The van der Waals surface area contributed by atoms with Crippen molar-refractivity contribution in [3.8, 4) is 0 Å². The predicted octanol–water partition coefficient (Wildman–Crippen LogP) is 1.15. The molecule has 1 aromatic carbocycles. The van der Waals surface area contributed by atoms with E-state index >= 15 is 0 Å². The van der Waals surface area contributed by atoms with Crippen LogP contribution in [0.2, 0.25) is 0 Å². The molecular weight excluding hydrogens is 191 g/mol. The molecule has 1 saturated carbocycles. The van der Waals surface area contributed by atoms with Crippen LogP contribution in [0.15, 0.2) is 18.2 Å². The normalized spacial score (nSPS) is 32.8. The van der Waals surface area contributed by atoms with Gasteiger partial charge < -0.3 is 11.1 Å². The first-order valence-electron chi connectivity index (χ1n) is 5.46. The number of fused-ring (bicyclic) bond motifs is 1. The fourth-order valence-corrected chi connectivity index (χ4v) is 2.81. The van der Waals surface area contributed by atoms with Crippen molar-refractivity contribution >= 4 is 0 Å². The van der Waals surface area contributed by atoms with Crippen molar-refractivity contribution in [2.75, 3.05) is 13.1 Å². The minimum Gasteiger partial charge on any atom is -0.326 e. The third-order valence-corrected chi connectivity index (χ3v) is 3.91. The lowest BCUT2D eigenvalue weighted by Crippen LogP contribution is -2.19. The zero-order valence-corrected chi connectivity index (χ0v) is 8.59. The molecule has 1 aliphatic carbocycles. The molecule has 1 saturated heterocycles. The summed E-state index contributed by atoms with van der Waals surface area (Å²) in [6, 6.07) is 5.54.